The van der Waals surface area contributed by atoms with Gasteiger partial charge < -0.3 is 9.84 Å². The molecule has 0 aliphatic heterocycles. The first kappa shape index (κ1) is 15.4. The van der Waals surface area contributed by atoms with E-state index in [1.54, 1.807) is 6.92 Å². The van der Waals surface area contributed by atoms with Crippen molar-refractivity contribution in [2.24, 2.45) is 0 Å². The Balaban J connectivity index is 2.63. The number of carboxylic acids is 1. The van der Waals surface area contributed by atoms with Crippen LogP contribution in [-0.2, 0) is 9.84 Å². The molecule has 0 bridgehead atoms. The highest BCUT2D eigenvalue weighted by molar-refractivity contribution is 7.91. The standard InChI is InChI=1S/C12H15FO5S/c1-2-19(16,17)7-3-6-18-11-8-9(13)4-5-10(11)12(14)15/h4-5,8H,2-3,6-7H2,1H3,(H,14,15). The van der Waals surface area contributed by atoms with Gasteiger partial charge in [-0.25, -0.2) is 17.6 Å². The van der Waals surface area contributed by atoms with Gasteiger partial charge in [-0.2, -0.15) is 0 Å². The molecule has 0 amide bonds. The smallest absolute Gasteiger partial charge is 0.339 e. The lowest BCUT2D eigenvalue weighted by Crippen LogP contribution is -2.12. The van der Waals surface area contributed by atoms with Gasteiger partial charge in [0, 0.05) is 11.8 Å². The molecule has 106 valence electrons. The van der Waals surface area contributed by atoms with Crippen molar-refractivity contribution in [3.05, 3.63) is 29.6 Å². The molecule has 0 fully saturated rings. The minimum absolute atomic E-state index is 0.0168. The van der Waals surface area contributed by atoms with Crippen LogP contribution < -0.4 is 4.74 Å². The van der Waals surface area contributed by atoms with E-state index in [9.17, 15) is 17.6 Å². The van der Waals surface area contributed by atoms with Crippen molar-refractivity contribution in [3.63, 3.8) is 0 Å². The highest BCUT2D eigenvalue weighted by atomic mass is 32.2. The summed E-state index contributed by atoms with van der Waals surface area (Å²) in [5.74, 6) is -1.92. The summed E-state index contributed by atoms with van der Waals surface area (Å²) in [5, 5.41) is 8.88. The maximum absolute atomic E-state index is 13.0. The fourth-order valence-corrected chi connectivity index (χ4v) is 2.24. The second-order valence-corrected chi connectivity index (χ2v) is 6.36. The maximum atomic E-state index is 13.0. The Labute approximate surface area is 110 Å². The molecular weight excluding hydrogens is 275 g/mol. The molecule has 0 saturated carbocycles. The molecule has 1 aromatic rings. The van der Waals surface area contributed by atoms with Crippen LogP contribution in [0.3, 0.4) is 0 Å². The number of sulfone groups is 1. The van der Waals surface area contributed by atoms with E-state index in [0.29, 0.717) is 0 Å². The second kappa shape index (κ2) is 6.51. The molecule has 0 spiro atoms. The van der Waals surface area contributed by atoms with Crippen molar-refractivity contribution in [2.45, 2.75) is 13.3 Å². The number of carbonyl (C=O) groups is 1. The molecule has 0 unspecified atom stereocenters. The van der Waals surface area contributed by atoms with E-state index in [1.807, 2.05) is 0 Å². The normalized spacial score (nSPS) is 11.3. The summed E-state index contributed by atoms with van der Waals surface area (Å²) < 4.78 is 40.6. The number of ether oxygens (including phenoxy) is 1. The largest absolute Gasteiger partial charge is 0.493 e. The molecule has 0 atom stereocenters. The lowest BCUT2D eigenvalue weighted by Gasteiger charge is -2.09. The molecule has 1 rings (SSSR count). The summed E-state index contributed by atoms with van der Waals surface area (Å²) in [6.07, 6.45) is 0.228. The number of hydrogen-bond donors (Lipinski definition) is 1. The van der Waals surface area contributed by atoms with Crippen molar-refractivity contribution < 1.29 is 27.4 Å². The number of halogens is 1. The number of benzene rings is 1. The Morgan fingerprint density at radius 3 is 2.68 bits per heavy atom. The van der Waals surface area contributed by atoms with E-state index in [2.05, 4.69) is 0 Å². The van der Waals surface area contributed by atoms with E-state index in [1.165, 1.54) is 0 Å². The predicted molar refractivity (Wildman–Crippen MR) is 67.8 cm³/mol. The molecule has 0 aromatic heterocycles. The zero-order valence-electron chi connectivity index (χ0n) is 10.4. The summed E-state index contributed by atoms with van der Waals surface area (Å²) in [5.41, 5.74) is -0.153. The van der Waals surface area contributed by atoms with Crippen LogP contribution in [0, 0.1) is 5.82 Å². The van der Waals surface area contributed by atoms with Crippen LogP contribution in [0.5, 0.6) is 5.75 Å². The van der Waals surface area contributed by atoms with Gasteiger partial charge in [-0.05, 0) is 18.6 Å². The third kappa shape index (κ3) is 4.86. The van der Waals surface area contributed by atoms with Crippen molar-refractivity contribution in [1.29, 1.82) is 0 Å². The van der Waals surface area contributed by atoms with E-state index in [4.69, 9.17) is 9.84 Å². The van der Waals surface area contributed by atoms with Gasteiger partial charge in [-0.1, -0.05) is 6.92 Å². The molecule has 0 radical (unpaired) electrons. The van der Waals surface area contributed by atoms with Crippen LogP contribution in [0.4, 0.5) is 4.39 Å². The van der Waals surface area contributed by atoms with Gasteiger partial charge >= 0.3 is 5.97 Å². The molecule has 19 heavy (non-hydrogen) atoms. The van der Waals surface area contributed by atoms with Gasteiger partial charge in [0.2, 0.25) is 0 Å². The number of hydrogen-bond acceptors (Lipinski definition) is 4. The summed E-state index contributed by atoms with van der Waals surface area (Å²) in [7, 11) is -3.08. The third-order valence-corrected chi connectivity index (χ3v) is 4.26. The van der Waals surface area contributed by atoms with Gasteiger partial charge in [-0.3, -0.25) is 0 Å². The average molecular weight is 290 g/mol. The summed E-state index contributed by atoms with van der Waals surface area (Å²) >= 11 is 0. The molecule has 0 saturated heterocycles. The highest BCUT2D eigenvalue weighted by Gasteiger charge is 2.13. The molecular formula is C12H15FO5S. The summed E-state index contributed by atoms with van der Waals surface area (Å²) in [6, 6.07) is 3.10. The topological polar surface area (TPSA) is 80.7 Å². The van der Waals surface area contributed by atoms with E-state index in [0.717, 1.165) is 18.2 Å². The van der Waals surface area contributed by atoms with E-state index in [-0.39, 0.29) is 35.8 Å². The fourth-order valence-electron chi connectivity index (χ4n) is 1.40. The van der Waals surface area contributed by atoms with Gasteiger partial charge in [0.25, 0.3) is 0 Å². The average Bonchev–Trinajstić information content (AvgIpc) is 2.34. The zero-order valence-corrected chi connectivity index (χ0v) is 11.2. The lowest BCUT2D eigenvalue weighted by molar-refractivity contribution is 0.0692. The Morgan fingerprint density at radius 1 is 1.42 bits per heavy atom. The summed E-state index contributed by atoms with van der Waals surface area (Å²) in [4.78, 5) is 10.9. The Morgan fingerprint density at radius 2 is 2.11 bits per heavy atom. The predicted octanol–water partition coefficient (Wildman–Crippen LogP) is 1.73. The molecule has 0 aliphatic carbocycles. The van der Waals surface area contributed by atoms with Gasteiger partial charge in [0.1, 0.15) is 27.0 Å². The van der Waals surface area contributed by atoms with Crippen LogP contribution in [-0.4, -0.2) is 37.6 Å². The van der Waals surface area contributed by atoms with Gasteiger partial charge in [0.15, 0.2) is 0 Å². The maximum Gasteiger partial charge on any atom is 0.339 e. The van der Waals surface area contributed by atoms with Crippen LogP contribution in [0.25, 0.3) is 0 Å². The van der Waals surface area contributed by atoms with Crippen LogP contribution in [0.2, 0.25) is 0 Å². The van der Waals surface area contributed by atoms with E-state index < -0.39 is 21.6 Å². The third-order valence-electron chi connectivity index (χ3n) is 2.47. The number of rotatable bonds is 7. The van der Waals surface area contributed by atoms with Crippen molar-refractivity contribution in [2.75, 3.05) is 18.1 Å². The van der Waals surface area contributed by atoms with Gasteiger partial charge in [0.05, 0.1) is 12.4 Å². The zero-order chi connectivity index (χ0) is 14.5. The Bertz CT molecular complexity index is 553. The first-order valence-electron chi connectivity index (χ1n) is 5.72. The molecule has 1 aromatic carbocycles. The van der Waals surface area contributed by atoms with Crippen molar-refractivity contribution >= 4 is 15.8 Å². The molecule has 0 aliphatic rings. The molecule has 7 heteroatoms. The van der Waals surface area contributed by atoms with Crippen LogP contribution >= 0.6 is 0 Å². The minimum atomic E-state index is -3.08. The first-order chi connectivity index (χ1) is 8.85. The second-order valence-electron chi connectivity index (χ2n) is 3.88. The van der Waals surface area contributed by atoms with Crippen LogP contribution in [0.1, 0.15) is 23.7 Å². The molecule has 1 N–H and O–H groups in total. The Kier molecular flexibility index (Phi) is 5.29. The first-order valence-corrected chi connectivity index (χ1v) is 7.54. The quantitative estimate of drug-likeness (QED) is 0.773. The van der Waals surface area contributed by atoms with Gasteiger partial charge in [-0.15, -0.1) is 0 Å². The molecule has 5 nitrogen and oxygen atoms in total. The monoisotopic (exact) mass is 290 g/mol. The van der Waals surface area contributed by atoms with Crippen LogP contribution in [0.15, 0.2) is 18.2 Å². The molecule has 0 heterocycles. The summed E-state index contributed by atoms with van der Waals surface area (Å²) in [6.45, 7) is 1.56. The Hall–Kier alpha value is -1.63. The lowest BCUT2D eigenvalue weighted by atomic mass is 10.2. The number of aromatic carboxylic acids is 1. The number of carboxylic acid groups (broad SMARTS) is 1. The fraction of sp³-hybridized carbons (Fsp3) is 0.417. The van der Waals surface area contributed by atoms with Crippen molar-refractivity contribution in [1.82, 2.24) is 0 Å². The SMILES string of the molecule is CCS(=O)(=O)CCCOc1cc(F)ccc1C(=O)O. The highest BCUT2D eigenvalue weighted by Crippen LogP contribution is 2.20. The van der Waals surface area contributed by atoms with E-state index >= 15 is 0 Å². The van der Waals surface area contributed by atoms with Crippen molar-refractivity contribution in [3.8, 4) is 5.75 Å². The minimum Gasteiger partial charge on any atom is -0.493 e.